The highest BCUT2D eigenvalue weighted by atomic mass is 15.3. The predicted octanol–water partition coefficient (Wildman–Crippen LogP) is 2.61. The molecular weight excluding hydrogens is 198 g/mol. The van der Waals surface area contributed by atoms with Crippen LogP contribution >= 0.6 is 0 Å². The highest BCUT2D eigenvalue weighted by Crippen LogP contribution is 2.12. The van der Waals surface area contributed by atoms with Crippen molar-refractivity contribution in [1.82, 2.24) is 4.90 Å². The maximum atomic E-state index is 5.96. The van der Waals surface area contributed by atoms with Crippen molar-refractivity contribution in [2.45, 2.75) is 26.8 Å². The lowest BCUT2D eigenvalue weighted by molar-refractivity contribution is 0.306. The second-order valence-electron chi connectivity index (χ2n) is 4.40. The minimum atomic E-state index is 0.382. The van der Waals surface area contributed by atoms with Gasteiger partial charge in [0.05, 0.1) is 5.69 Å². The van der Waals surface area contributed by atoms with Crippen molar-refractivity contribution in [3.05, 3.63) is 30.3 Å². The van der Waals surface area contributed by atoms with E-state index in [1.807, 2.05) is 42.3 Å². The molecule has 0 heterocycles. The third-order valence-corrected chi connectivity index (χ3v) is 2.94. The summed E-state index contributed by atoms with van der Waals surface area (Å²) in [5.74, 6) is 1.11. The van der Waals surface area contributed by atoms with E-state index in [9.17, 15) is 0 Å². The van der Waals surface area contributed by atoms with E-state index >= 15 is 0 Å². The van der Waals surface area contributed by atoms with E-state index in [0.717, 1.165) is 5.69 Å². The van der Waals surface area contributed by atoms with Gasteiger partial charge in [0.25, 0.3) is 0 Å². The number of benzene rings is 1. The normalized spacial score (nSPS) is 13.9. The summed E-state index contributed by atoms with van der Waals surface area (Å²) < 4.78 is 0. The minimum Gasteiger partial charge on any atom is -0.369 e. The van der Waals surface area contributed by atoms with E-state index < -0.39 is 0 Å². The van der Waals surface area contributed by atoms with Crippen LogP contribution < -0.4 is 5.73 Å². The maximum Gasteiger partial charge on any atom is 0.196 e. The largest absolute Gasteiger partial charge is 0.369 e. The van der Waals surface area contributed by atoms with Crippen LogP contribution in [0, 0.1) is 5.92 Å². The summed E-state index contributed by atoms with van der Waals surface area (Å²) in [5.41, 5.74) is 6.86. The van der Waals surface area contributed by atoms with Gasteiger partial charge in [-0.2, -0.15) is 0 Å². The van der Waals surface area contributed by atoms with Gasteiger partial charge in [0.1, 0.15) is 0 Å². The quantitative estimate of drug-likeness (QED) is 0.627. The molecule has 1 aromatic rings. The van der Waals surface area contributed by atoms with E-state index in [0.29, 0.717) is 17.9 Å². The highest BCUT2D eigenvalue weighted by Gasteiger charge is 2.14. The maximum absolute atomic E-state index is 5.96. The van der Waals surface area contributed by atoms with E-state index in [1.165, 1.54) is 0 Å². The van der Waals surface area contributed by atoms with Gasteiger partial charge < -0.3 is 10.6 Å². The zero-order valence-electron chi connectivity index (χ0n) is 10.5. The van der Waals surface area contributed by atoms with Crippen LogP contribution in [0.25, 0.3) is 0 Å². The molecule has 3 nitrogen and oxygen atoms in total. The summed E-state index contributed by atoms with van der Waals surface area (Å²) in [6.45, 7) is 6.51. The predicted molar refractivity (Wildman–Crippen MR) is 69.8 cm³/mol. The van der Waals surface area contributed by atoms with Crippen molar-refractivity contribution < 1.29 is 0 Å². The molecule has 2 N–H and O–H groups in total. The van der Waals surface area contributed by atoms with Gasteiger partial charge >= 0.3 is 0 Å². The molecule has 88 valence electrons. The molecule has 0 aromatic heterocycles. The molecule has 1 atom stereocenters. The third-order valence-electron chi connectivity index (χ3n) is 2.94. The van der Waals surface area contributed by atoms with Crippen LogP contribution in [0.4, 0.5) is 5.69 Å². The molecule has 1 unspecified atom stereocenters. The molecule has 0 saturated heterocycles. The van der Waals surface area contributed by atoms with Crippen molar-refractivity contribution in [2.75, 3.05) is 7.05 Å². The van der Waals surface area contributed by atoms with E-state index in [1.54, 1.807) is 0 Å². The number of para-hydroxylation sites is 1. The molecule has 1 aromatic carbocycles. The molecule has 0 aliphatic carbocycles. The Morgan fingerprint density at radius 2 is 1.75 bits per heavy atom. The van der Waals surface area contributed by atoms with E-state index in [2.05, 4.69) is 25.8 Å². The monoisotopic (exact) mass is 219 g/mol. The van der Waals surface area contributed by atoms with Crippen LogP contribution in [-0.2, 0) is 0 Å². The fraction of sp³-hybridized carbons (Fsp3) is 0.462. The second kappa shape index (κ2) is 5.54. The van der Waals surface area contributed by atoms with Gasteiger partial charge in [-0.25, -0.2) is 4.99 Å². The Bertz CT molecular complexity index is 343. The molecule has 0 amide bonds. The first-order chi connectivity index (χ1) is 7.52. The van der Waals surface area contributed by atoms with Crippen molar-refractivity contribution in [1.29, 1.82) is 0 Å². The van der Waals surface area contributed by atoms with Gasteiger partial charge in [-0.15, -0.1) is 0 Å². The van der Waals surface area contributed by atoms with Crippen molar-refractivity contribution in [2.24, 2.45) is 16.6 Å². The molecule has 0 saturated carbocycles. The first kappa shape index (κ1) is 12.6. The van der Waals surface area contributed by atoms with Crippen LogP contribution in [0.5, 0.6) is 0 Å². The van der Waals surface area contributed by atoms with Crippen molar-refractivity contribution in [3.8, 4) is 0 Å². The van der Waals surface area contributed by atoms with Crippen LogP contribution in [0.1, 0.15) is 20.8 Å². The zero-order chi connectivity index (χ0) is 12.1. The summed E-state index contributed by atoms with van der Waals surface area (Å²) in [4.78, 5) is 6.39. The Kier molecular flexibility index (Phi) is 4.35. The third kappa shape index (κ3) is 3.26. The van der Waals surface area contributed by atoms with Gasteiger partial charge in [0.2, 0.25) is 0 Å². The average molecular weight is 219 g/mol. The lowest BCUT2D eigenvalue weighted by Gasteiger charge is -2.28. The molecule has 0 fully saturated rings. The first-order valence-corrected chi connectivity index (χ1v) is 5.64. The fourth-order valence-corrected chi connectivity index (χ4v) is 1.37. The second-order valence-corrected chi connectivity index (χ2v) is 4.40. The topological polar surface area (TPSA) is 41.6 Å². The Balaban J connectivity index is 2.78. The number of nitrogens with zero attached hydrogens (tertiary/aromatic N) is 2. The molecule has 0 spiro atoms. The van der Waals surface area contributed by atoms with E-state index in [4.69, 9.17) is 5.73 Å². The van der Waals surface area contributed by atoms with Gasteiger partial charge in [-0.3, -0.25) is 0 Å². The lowest BCUT2D eigenvalue weighted by atomic mass is 10.1. The van der Waals surface area contributed by atoms with Crippen LogP contribution in [0.15, 0.2) is 35.3 Å². The SMILES string of the molecule is CC(C)C(C)N(C)C(N)=Nc1ccccc1. The van der Waals surface area contributed by atoms with Crippen LogP contribution in [0.2, 0.25) is 0 Å². The zero-order valence-corrected chi connectivity index (χ0v) is 10.5. The molecule has 0 bridgehead atoms. The Morgan fingerprint density at radius 3 is 2.25 bits per heavy atom. The number of rotatable bonds is 3. The first-order valence-electron chi connectivity index (χ1n) is 5.64. The van der Waals surface area contributed by atoms with Crippen molar-refractivity contribution in [3.63, 3.8) is 0 Å². The molecule has 0 aliphatic rings. The standard InChI is InChI=1S/C13H21N3/c1-10(2)11(3)16(4)13(14)15-12-8-6-5-7-9-12/h5-11H,1-4H3,(H2,14,15). The molecule has 16 heavy (non-hydrogen) atoms. The van der Waals surface area contributed by atoms with Crippen molar-refractivity contribution >= 4 is 11.6 Å². The summed E-state index contributed by atoms with van der Waals surface area (Å²) >= 11 is 0. The highest BCUT2D eigenvalue weighted by molar-refractivity contribution is 5.81. The summed E-state index contributed by atoms with van der Waals surface area (Å²) in [6, 6.07) is 10.2. The summed E-state index contributed by atoms with van der Waals surface area (Å²) in [5, 5.41) is 0. The number of aliphatic imine (C=N–C) groups is 1. The molecule has 0 aliphatic heterocycles. The Labute approximate surface area is 98.0 Å². The van der Waals surface area contributed by atoms with Crippen LogP contribution in [0.3, 0.4) is 0 Å². The van der Waals surface area contributed by atoms with Gasteiger partial charge in [-0.05, 0) is 25.0 Å². The average Bonchev–Trinajstić information content (AvgIpc) is 2.28. The number of nitrogens with two attached hydrogens (primary N) is 1. The van der Waals surface area contributed by atoms with Gasteiger partial charge in [-0.1, -0.05) is 32.0 Å². The summed E-state index contributed by atoms with van der Waals surface area (Å²) in [6.07, 6.45) is 0. The molecule has 0 radical (unpaired) electrons. The molecular formula is C13H21N3. The number of hydrogen-bond acceptors (Lipinski definition) is 1. The molecule has 3 heteroatoms. The molecule has 1 rings (SSSR count). The van der Waals surface area contributed by atoms with Crippen LogP contribution in [-0.4, -0.2) is 23.9 Å². The smallest absolute Gasteiger partial charge is 0.196 e. The number of hydrogen-bond donors (Lipinski definition) is 1. The van der Waals surface area contributed by atoms with E-state index in [-0.39, 0.29) is 0 Å². The number of guanidine groups is 1. The van der Waals surface area contributed by atoms with Gasteiger partial charge in [0, 0.05) is 13.1 Å². The minimum absolute atomic E-state index is 0.382. The fourth-order valence-electron chi connectivity index (χ4n) is 1.37. The van der Waals surface area contributed by atoms with Gasteiger partial charge in [0.15, 0.2) is 5.96 Å². The Morgan fingerprint density at radius 1 is 1.19 bits per heavy atom. The lowest BCUT2D eigenvalue weighted by Crippen LogP contribution is -2.42. The summed E-state index contributed by atoms with van der Waals surface area (Å²) in [7, 11) is 1.98. The Hall–Kier alpha value is -1.51.